The molecule has 212 valence electrons. The Labute approximate surface area is 239 Å². The standard InChI is InChI=1S/C32H36N6O3/c39-25-13-21-3-1-2-4-26(21)27(15-25)22-14-28-29(33-16-22)30(38-17-23-5-6-24(18-38)34-23)36-31(35-28)41-20-32(7-8-32)19-37-9-11-40-12-10-37/h1-4,13-16,23-24,34,39H,5-12,17-20H2. The van der Waals surface area contributed by atoms with Crippen LogP contribution in [0.2, 0.25) is 0 Å². The molecule has 4 aliphatic rings. The largest absolute Gasteiger partial charge is 0.508 e. The van der Waals surface area contributed by atoms with Gasteiger partial charge in [-0.15, -0.1) is 0 Å². The predicted molar refractivity (Wildman–Crippen MR) is 159 cm³/mol. The van der Waals surface area contributed by atoms with E-state index >= 15 is 0 Å². The van der Waals surface area contributed by atoms with Crippen LogP contribution in [0, 0.1) is 5.41 Å². The van der Waals surface area contributed by atoms with Gasteiger partial charge in [-0.1, -0.05) is 24.3 Å². The third-order valence-electron chi connectivity index (χ3n) is 9.30. The molecule has 5 heterocycles. The number of piperazine rings is 1. The predicted octanol–water partition coefficient (Wildman–Crippen LogP) is 3.98. The number of nitrogens with zero attached hydrogens (tertiary/aromatic N) is 5. The second kappa shape index (κ2) is 10.1. The highest BCUT2D eigenvalue weighted by atomic mass is 16.5. The maximum Gasteiger partial charge on any atom is 0.319 e. The number of rotatable bonds is 7. The summed E-state index contributed by atoms with van der Waals surface area (Å²) in [5.74, 6) is 1.09. The van der Waals surface area contributed by atoms with Gasteiger partial charge in [-0.3, -0.25) is 9.88 Å². The van der Waals surface area contributed by atoms with Gasteiger partial charge in [0.25, 0.3) is 0 Å². The highest BCUT2D eigenvalue weighted by Gasteiger charge is 2.45. The zero-order valence-corrected chi connectivity index (χ0v) is 23.3. The molecule has 0 spiro atoms. The molecular formula is C32H36N6O3. The number of morpholine rings is 1. The number of hydrogen-bond donors (Lipinski definition) is 2. The zero-order chi connectivity index (χ0) is 27.4. The van der Waals surface area contributed by atoms with E-state index in [9.17, 15) is 5.11 Å². The van der Waals surface area contributed by atoms with Crippen molar-refractivity contribution in [2.45, 2.75) is 37.8 Å². The van der Waals surface area contributed by atoms with Gasteiger partial charge in [-0.25, -0.2) is 0 Å². The van der Waals surface area contributed by atoms with E-state index in [1.807, 2.05) is 24.4 Å². The molecule has 4 aromatic rings. The summed E-state index contributed by atoms with van der Waals surface area (Å²) in [6.07, 6.45) is 6.61. The molecule has 3 aliphatic heterocycles. The number of anilines is 1. The molecule has 9 nitrogen and oxygen atoms in total. The number of aromatic hydroxyl groups is 1. The van der Waals surface area contributed by atoms with Crippen LogP contribution in [0.4, 0.5) is 5.82 Å². The average Bonchev–Trinajstić information content (AvgIpc) is 3.68. The van der Waals surface area contributed by atoms with Gasteiger partial charge in [0.05, 0.1) is 25.3 Å². The molecule has 2 atom stereocenters. The Hall–Kier alpha value is -3.53. The molecule has 8 rings (SSSR count). The molecule has 41 heavy (non-hydrogen) atoms. The first-order valence-electron chi connectivity index (χ1n) is 14.9. The molecule has 2 unspecified atom stereocenters. The van der Waals surface area contributed by atoms with E-state index in [0.717, 1.165) is 84.7 Å². The maximum absolute atomic E-state index is 10.5. The van der Waals surface area contributed by atoms with Gasteiger partial charge in [-0.2, -0.15) is 9.97 Å². The van der Waals surface area contributed by atoms with Crippen molar-refractivity contribution in [3.05, 3.63) is 48.7 Å². The van der Waals surface area contributed by atoms with Gasteiger partial charge in [0.2, 0.25) is 0 Å². The Bertz CT molecular complexity index is 1590. The third kappa shape index (κ3) is 4.96. The Morgan fingerprint density at radius 2 is 1.83 bits per heavy atom. The number of ether oxygens (including phenoxy) is 2. The Balaban J connectivity index is 1.16. The fourth-order valence-corrected chi connectivity index (χ4v) is 6.89. The number of nitrogens with one attached hydrogen (secondary N) is 1. The fourth-order valence-electron chi connectivity index (χ4n) is 6.89. The lowest BCUT2D eigenvalue weighted by atomic mass is 9.98. The lowest BCUT2D eigenvalue weighted by Crippen LogP contribution is -2.51. The van der Waals surface area contributed by atoms with Crippen molar-refractivity contribution < 1.29 is 14.6 Å². The number of phenols is 1. The Morgan fingerprint density at radius 1 is 1.02 bits per heavy atom. The van der Waals surface area contributed by atoms with Crippen LogP contribution in [0.3, 0.4) is 0 Å². The van der Waals surface area contributed by atoms with Crippen molar-refractivity contribution in [1.82, 2.24) is 25.2 Å². The lowest BCUT2D eigenvalue weighted by molar-refractivity contribution is 0.0231. The molecule has 0 amide bonds. The molecule has 4 fully saturated rings. The molecule has 9 heteroatoms. The number of phenolic OH excluding ortho intramolecular Hbond substituents is 1. The van der Waals surface area contributed by atoms with Gasteiger partial charge in [0.1, 0.15) is 11.3 Å². The van der Waals surface area contributed by atoms with Gasteiger partial charge < -0.3 is 24.8 Å². The monoisotopic (exact) mass is 552 g/mol. The number of aromatic nitrogens is 3. The second-order valence-electron chi connectivity index (χ2n) is 12.4. The van der Waals surface area contributed by atoms with E-state index in [-0.39, 0.29) is 11.2 Å². The SMILES string of the molecule is Oc1cc(-c2cnc3c(N4CC5CCC(C4)N5)nc(OCC4(CN5CCOCC5)CC4)nc3c2)c2ccccc2c1. The van der Waals surface area contributed by atoms with Crippen LogP contribution < -0.4 is 15.0 Å². The molecule has 2 aromatic heterocycles. The summed E-state index contributed by atoms with van der Waals surface area (Å²) in [7, 11) is 0. The number of benzene rings is 2. The van der Waals surface area contributed by atoms with E-state index in [0.29, 0.717) is 24.7 Å². The second-order valence-corrected chi connectivity index (χ2v) is 12.4. The van der Waals surface area contributed by atoms with Crippen LogP contribution in [0.15, 0.2) is 48.7 Å². The molecule has 1 saturated carbocycles. The van der Waals surface area contributed by atoms with Crippen molar-refractivity contribution in [3.63, 3.8) is 0 Å². The molecule has 2 aromatic carbocycles. The minimum Gasteiger partial charge on any atom is -0.508 e. The molecule has 2 bridgehead atoms. The summed E-state index contributed by atoms with van der Waals surface area (Å²) in [4.78, 5) is 19.7. The van der Waals surface area contributed by atoms with E-state index in [1.54, 1.807) is 12.1 Å². The van der Waals surface area contributed by atoms with Crippen LogP contribution in [0.1, 0.15) is 25.7 Å². The van der Waals surface area contributed by atoms with Crippen molar-refractivity contribution in [2.24, 2.45) is 5.41 Å². The quantitative estimate of drug-likeness (QED) is 0.353. The van der Waals surface area contributed by atoms with E-state index < -0.39 is 0 Å². The molecule has 2 N–H and O–H groups in total. The van der Waals surface area contributed by atoms with Crippen LogP contribution in [0.25, 0.3) is 32.9 Å². The molecule has 0 radical (unpaired) electrons. The van der Waals surface area contributed by atoms with Gasteiger partial charge in [0, 0.05) is 62.0 Å². The van der Waals surface area contributed by atoms with E-state index in [1.165, 1.54) is 25.7 Å². The van der Waals surface area contributed by atoms with E-state index in [4.69, 9.17) is 24.4 Å². The zero-order valence-electron chi connectivity index (χ0n) is 23.3. The molecular weight excluding hydrogens is 516 g/mol. The minimum absolute atomic E-state index is 0.171. The highest BCUT2D eigenvalue weighted by molar-refractivity contribution is 5.99. The highest BCUT2D eigenvalue weighted by Crippen LogP contribution is 2.46. The normalized spacial score (nSPS) is 23.8. The number of pyridine rings is 1. The van der Waals surface area contributed by atoms with Crippen LogP contribution >= 0.6 is 0 Å². The van der Waals surface area contributed by atoms with Crippen molar-refractivity contribution in [2.75, 3.05) is 57.4 Å². The molecule has 3 saturated heterocycles. The summed E-state index contributed by atoms with van der Waals surface area (Å²) in [6, 6.07) is 15.1. The topological polar surface area (TPSA) is 95.9 Å². The Morgan fingerprint density at radius 3 is 2.63 bits per heavy atom. The Kier molecular flexibility index (Phi) is 6.20. The fraction of sp³-hybridized carbons (Fsp3) is 0.469. The minimum atomic E-state index is 0.171. The van der Waals surface area contributed by atoms with Gasteiger partial charge in [-0.05, 0) is 60.2 Å². The van der Waals surface area contributed by atoms with Crippen LogP contribution in [0.5, 0.6) is 11.8 Å². The summed E-state index contributed by atoms with van der Waals surface area (Å²) in [5.41, 5.74) is 3.57. The van der Waals surface area contributed by atoms with Gasteiger partial charge in [0.15, 0.2) is 5.82 Å². The summed E-state index contributed by atoms with van der Waals surface area (Å²) < 4.78 is 12.0. The van der Waals surface area contributed by atoms with Crippen molar-refractivity contribution >= 4 is 27.6 Å². The summed E-state index contributed by atoms with van der Waals surface area (Å²) in [5, 5.41) is 16.3. The first-order chi connectivity index (χ1) is 20.1. The number of fused-ring (bicyclic) bond motifs is 4. The van der Waals surface area contributed by atoms with Crippen molar-refractivity contribution in [1.29, 1.82) is 0 Å². The summed E-state index contributed by atoms with van der Waals surface area (Å²) in [6.45, 7) is 7.06. The average molecular weight is 553 g/mol. The number of hydrogen-bond acceptors (Lipinski definition) is 9. The smallest absolute Gasteiger partial charge is 0.319 e. The third-order valence-corrected chi connectivity index (χ3v) is 9.30. The van der Waals surface area contributed by atoms with E-state index in [2.05, 4.69) is 27.2 Å². The lowest BCUT2D eigenvalue weighted by Gasteiger charge is -2.34. The first kappa shape index (κ1) is 25.2. The van der Waals surface area contributed by atoms with Crippen LogP contribution in [-0.2, 0) is 4.74 Å². The van der Waals surface area contributed by atoms with Gasteiger partial charge >= 0.3 is 6.01 Å². The van der Waals surface area contributed by atoms with Crippen LogP contribution in [-0.4, -0.2) is 89.6 Å². The summed E-state index contributed by atoms with van der Waals surface area (Å²) >= 11 is 0. The maximum atomic E-state index is 10.5. The van der Waals surface area contributed by atoms with Crippen molar-refractivity contribution in [3.8, 4) is 22.9 Å². The first-order valence-corrected chi connectivity index (χ1v) is 14.9. The molecule has 1 aliphatic carbocycles.